The Hall–Kier alpha value is -1.15. The lowest BCUT2D eigenvalue weighted by molar-refractivity contribution is -0.130. The first-order chi connectivity index (χ1) is 13.4. The highest BCUT2D eigenvalue weighted by atomic mass is 32.2. The summed E-state index contributed by atoms with van der Waals surface area (Å²) >= 11 is 0. The molecule has 0 spiro atoms. The van der Waals surface area contributed by atoms with Crippen LogP contribution < -0.4 is 0 Å². The highest BCUT2D eigenvalue weighted by molar-refractivity contribution is 7.86. The maximum absolute atomic E-state index is 11.6. The predicted octanol–water partition coefficient (Wildman–Crippen LogP) is 4.15. The van der Waals surface area contributed by atoms with Gasteiger partial charge < -0.3 is 9.47 Å². The summed E-state index contributed by atoms with van der Waals surface area (Å²) in [5.74, 6) is 0.640. The monoisotopic (exact) mass is 422 g/mol. The molecule has 0 saturated carbocycles. The topological polar surface area (TPSA) is 107 Å². The van der Waals surface area contributed by atoms with Crippen LogP contribution in [0.2, 0.25) is 0 Å². The van der Waals surface area contributed by atoms with Crippen LogP contribution in [0.3, 0.4) is 0 Å². The van der Waals surface area contributed by atoms with Gasteiger partial charge in [0.05, 0.1) is 18.5 Å². The van der Waals surface area contributed by atoms with Crippen LogP contribution in [0.1, 0.15) is 84.5 Å². The van der Waals surface area contributed by atoms with Gasteiger partial charge in [0.25, 0.3) is 23.1 Å². The molecule has 3 atom stereocenters. The Morgan fingerprint density at radius 2 is 1.14 bits per heavy atom. The summed E-state index contributed by atoms with van der Waals surface area (Å²) < 4.78 is 42.4. The molecule has 0 fully saturated rings. The third-order valence-corrected chi connectivity index (χ3v) is 6.72. The summed E-state index contributed by atoms with van der Waals surface area (Å²) in [5, 5.41) is -0.709. The molecule has 1 N–H and O–H groups in total. The van der Waals surface area contributed by atoms with Crippen molar-refractivity contribution in [2.75, 3.05) is 13.2 Å². The zero-order chi connectivity index (χ0) is 21.3. The zero-order valence-electron chi connectivity index (χ0n) is 17.4. The molecule has 166 valence electrons. The lowest BCUT2D eigenvalue weighted by Gasteiger charge is -2.16. The Morgan fingerprint density at radius 3 is 1.54 bits per heavy atom. The van der Waals surface area contributed by atoms with Crippen molar-refractivity contribution in [3.8, 4) is 0 Å². The van der Waals surface area contributed by atoms with Gasteiger partial charge in [-0.25, -0.2) is 0 Å². The van der Waals surface area contributed by atoms with Crippen LogP contribution in [0, 0.1) is 11.8 Å². The minimum Gasteiger partial charge on any atom is -0.468 e. The summed E-state index contributed by atoms with van der Waals surface area (Å²) in [7, 11) is -4.04. The van der Waals surface area contributed by atoms with E-state index in [1.807, 2.05) is 6.92 Å². The van der Waals surface area contributed by atoms with Gasteiger partial charge in [0.2, 0.25) is 0 Å². The molecule has 7 nitrogen and oxygen atoms in total. The van der Waals surface area contributed by atoms with Crippen molar-refractivity contribution in [2.24, 2.45) is 11.8 Å². The highest BCUT2D eigenvalue weighted by Crippen LogP contribution is 2.21. The predicted molar refractivity (Wildman–Crippen MR) is 108 cm³/mol. The number of rotatable bonds is 20. The molecular weight excluding hydrogens is 384 g/mol. The van der Waals surface area contributed by atoms with Crippen molar-refractivity contribution in [1.29, 1.82) is 0 Å². The molecule has 0 saturated heterocycles. The fourth-order valence-electron chi connectivity index (χ4n) is 3.39. The molecule has 0 heterocycles. The molecule has 8 heteroatoms. The van der Waals surface area contributed by atoms with Crippen LogP contribution in [0.15, 0.2) is 0 Å². The molecule has 0 aliphatic rings. The highest BCUT2D eigenvalue weighted by Gasteiger charge is 2.22. The molecule has 0 aromatic rings. The van der Waals surface area contributed by atoms with E-state index in [2.05, 4.69) is 6.92 Å². The van der Waals surface area contributed by atoms with Gasteiger partial charge in [-0.3, -0.25) is 14.1 Å². The average Bonchev–Trinajstić information content (AvgIpc) is 2.66. The van der Waals surface area contributed by atoms with E-state index in [-0.39, 0.29) is 0 Å². The third kappa shape index (κ3) is 13.9. The second-order valence-corrected chi connectivity index (χ2v) is 9.16. The van der Waals surface area contributed by atoms with Crippen molar-refractivity contribution < 1.29 is 32.0 Å². The van der Waals surface area contributed by atoms with E-state index < -0.39 is 15.4 Å². The zero-order valence-corrected chi connectivity index (χ0v) is 18.2. The number of carbonyl (C=O) groups excluding carboxylic acids is 2. The Bertz CT molecular complexity index is 493. The summed E-state index contributed by atoms with van der Waals surface area (Å²) in [5.41, 5.74) is 0. The number of hydrogen-bond acceptors (Lipinski definition) is 6. The molecule has 0 bridgehead atoms. The molecule has 0 aliphatic carbocycles. The summed E-state index contributed by atoms with van der Waals surface area (Å²) in [6, 6.07) is 0. The van der Waals surface area contributed by atoms with Crippen LogP contribution in [-0.2, 0) is 29.2 Å². The van der Waals surface area contributed by atoms with Crippen LogP contribution in [-0.4, -0.2) is 44.4 Å². The first kappa shape index (κ1) is 26.9. The Morgan fingerprint density at radius 1 is 0.750 bits per heavy atom. The van der Waals surface area contributed by atoms with Crippen LogP contribution in [0.25, 0.3) is 0 Å². The van der Waals surface area contributed by atoms with Crippen LogP contribution in [0.4, 0.5) is 0 Å². The van der Waals surface area contributed by atoms with E-state index in [9.17, 15) is 22.6 Å². The van der Waals surface area contributed by atoms with Gasteiger partial charge in [-0.05, 0) is 37.5 Å². The SMILES string of the molecule is CCC(CCCCCC(CCCCC(CC)COC=O)S(=O)(=O)O)COC=O. The first-order valence-corrected chi connectivity index (χ1v) is 12.0. The second-order valence-electron chi connectivity index (χ2n) is 7.47. The molecule has 3 unspecified atom stereocenters. The number of unbranched alkanes of at least 4 members (excludes halogenated alkanes) is 3. The molecule has 28 heavy (non-hydrogen) atoms. The van der Waals surface area contributed by atoms with Crippen LogP contribution in [0.5, 0.6) is 0 Å². The number of hydrogen-bond donors (Lipinski definition) is 1. The fourth-order valence-corrected chi connectivity index (χ4v) is 4.32. The van der Waals surface area contributed by atoms with Crippen LogP contribution >= 0.6 is 0 Å². The van der Waals surface area contributed by atoms with Gasteiger partial charge in [-0.1, -0.05) is 58.8 Å². The Labute approximate surface area is 170 Å². The minimum absolute atomic E-state index is 0.295. The maximum Gasteiger partial charge on any atom is 0.293 e. The van der Waals surface area contributed by atoms with E-state index in [4.69, 9.17) is 9.47 Å². The quantitative estimate of drug-likeness (QED) is 0.178. The first-order valence-electron chi connectivity index (χ1n) is 10.5. The maximum atomic E-state index is 11.6. The number of ether oxygens (including phenoxy) is 2. The fraction of sp³-hybridized carbons (Fsp3) is 0.900. The van der Waals surface area contributed by atoms with E-state index in [0.717, 1.165) is 57.8 Å². The smallest absolute Gasteiger partial charge is 0.293 e. The van der Waals surface area contributed by atoms with Gasteiger partial charge in [0.15, 0.2) is 0 Å². The van der Waals surface area contributed by atoms with Crippen molar-refractivity contribution >= 4 is 23.1 Å². The lowest BCUT2D eigenvalue weighted by atomic mass is 9.97. The third-order valence-electron chi connectivity index (χ3n) is 5.40. The minimum atomic E-state index is -4.04. The van der Waals surface area contributed by atoms with E-state index in [1.165, 1.54) is 0 Å². The molecule has 0 radical (unpaired) electrons. The van der Waals surface area contributed by atoms with Gasteiger partial charge in [-0.15, -0.1) is 0 Å². The van der Waals surface area contributed by atoms with Gasteiger partial charge in [-0.2, -0.15) is 8.42 Å². The Kier molecular flexibility index (Phi) is 16.1. The van der Waals surface area contributed by atoms with Crippen molar-refractivity contribution in [1.82, 2.24) is 0 Å². The molecule has 0 amide bonds. The van der Waals surface area contributed by atoms with E-state index in [0.29, 0.717) is 50.8 Å². The normalized spacial score (nSPS) is 14.8. The molecule has 0 aromatic carbocycles. The molecule has 0 aliphatic heterocycles. The van der Waals surface area contributed by atoms with Crippen molar-refractivity contribution in [3.63, 3.8) is 0 Å². The molecular formula is C20H38O7S. The van der Waals surface area contributed by atoms with Gasteiger partial charge in [0.1, 0.15) is 0 Å². The summed E-state index contributed by atoms with van der Waals surface area (Å²) in [6.45, 7) is 5.85. The molecule has 0 rings (SSSR count). The lowest BCUT2D eigenvalue weighted by Crippen LogP contribution is -2.20. The van der Waals surface area contributed by atoms with Gasteiger partial charge in [0, 0.05) is 0 Å². The number of carbonyl (C=O) groups is 2. The molecule has 0 aromatic heterocycles. The standard InChI is InChI=1S/C20H38O7S/c1-3-18(14-26-16-21)10-6-5-7-12-20(28(23,24)25)13-9-8-11-19(4-2)15-27-17-22/h16-20H,3-15H2,1-2H3,(H,23,24,25). The van der Waals surface area contributed by atoms with Crippen molar-refractivity contribution in [3.05, 3.63) is 0 Å². The van der Waals surface area contributed by atoms with Crippen molar-refractivity contribution in [2.45, 2.75) is 89.7 Å². The summed E-state index contributed by atoms with van der Waals surface area (Å²) in [4.78, 5) is 20.5. The van der Waals surface area contributed by atoms with E-state index >= 15 is 0 Å². The van der Waals surface area contributed by atoms with E-state index in [1.54, 1.807) is 0 Å². The Balaban J connectivity index is 4.12. The van der Waals surface area contributed by atoms with Gasteiger partial charge >= 0.3 is 0 Å². The average molecular weight is 423 g/mol. The largest absolute Gasteiger partial charge is 0.468 e. The summed E-state index contributed by atoms with van der Waals surface area (Å²) in [6.07, 6.45) is 8.76. The second kappa shape index (κ2) is 16.8.